The first-order chi connectivity index (χ1) is 11.1. The van der Waals surface area contributed by atoms with Gasteiger partial charge < -0.3 is 4.74 Å². The number of carbonyl (C=O) groups excluding carboxylic acids is 1. The van der Waals surface area contributed by atoms with Crippen molar-refractivity contribution in [3.63, 3.8) is 0 Å². The zero-order valence-corrected chi connectivity index (χ0v) is 13.4. The highest BCUT2D eigenvalue weighted by molar-refractivity contribution is 9.10. The Bertz CT molecular complexity index is 749. The van der Waals surface area contributed by atoms with Gasteiger partial charge in [-0.05, 0) is 12.1 Å². The number of benzene rings is 2. The van der Waals surface area contributed by atoms with Gasteiger partial charge in [0.1, 0.15) is 0 Å². The largest absolute Gasteiger partial charge is 0.477 e. The summed E-state index contributed by atoms with van der Waals surface area (Å²) in [5.74, 6) is -0.492. The topological polar surface area (TPSA) is 93.8 Å². The standard InChI is InChI=1S/C15H12BrN3O4/c16-12-6-2-1-5-11(12)9-17-18-15(20)10-23-14-8-4-3-7-13(14)19(21)22/h1-9H,10H2,(H,18,20)/b17-9-. The van der Waals surface area contributed by atoms with Crippen LogP contribution in [0.5, 0.6) is 5.75 Å². The fourth-order valence-corrected chi connectivity index (χ4v) is 2.05. The van der Waals surface area contributed by atoms with E-state index in [9.17, 15) is 14.9 Å². The molecule has 0 unspecified atom stereocenters. The molecule has 1 N–H and O–H groups in total. The molecule has 2 rings (SSSR count). The van der Waals surface area contributed by atoms with Crippen LogP contribution in [0.2, 0.25) is 0 Å². The van der Waals surface area contributed by atoms with Crippen molar-refractivity contribution in [2.45, 2.75) is 0 Å². The fraction of sp³-hybridized carbons (Fsp3) is 0.0667. The van der Waals surface area contributed by atoms with Crippen molar-refractivity contribution in [2.24, 2.45) is 5.10 Å². The molecule has 0 radical (unpaired) electrons. The van der Waals surface area contributed by atoms with Gasteiger partial charge in [-0.3, -0.25) is 14.9 Å². The summed E-state index contributed by atoms with van der Waals surface area (Å²) in [6.45, 7) is -0.377. The molecule has 0 aliphatic heterocycles. The van der Waals surface area contributed by atoms with Gasteiger partial charge in [-0.25, -0.2) is 5.43 Å². The summed E-state index contributed by atoms with van der Waals surface area (Å²) >= 11 is 3.35. The highest BCUT2D eigenvalue weighted by Gasteiger charge is 2.14. The smallest absolute Gasteiger partial charge is 0.310 e. The van der Waals surface area contributed by atoms with Gasteiger partial charge in [0.2, 0.25) is 0 Å². The molecular formula is C15H12BrN3O4. The first-order valence-corrected chi connectivity index (χ1v) is 7.30. The number of para-hydroxylation sites is 2. The number of rotatable bonds is 6. The van der Waals surface area contributed by atoms with Gasteiger partial charge >= 0.3 is 5.69 Å². The summed E-state index contributed by atoms with van der Waals surface area (Å²) in [5.41, 5.74) is 2.89. The number of ether oxygens (including phenoxy) is 1. The van der Waals surface area contributed by atoms with Gasteiger partial charge in [-0.2, -0.15) is 5.10 Å². The molecule has 2 aromatic rings. The summed E-state index contributed by atoms with van der Waals surface area (Å²) in [4.78, 5) is 21.9. The fourth-order valence-electron chi connectivity index (χ4n) is 1.66. The van der Waals surface area contributed by atoms with Crippen molar-refractivity contribution >= 4 is 33.7 Å². The molecule has 2 aromatic carbocycles. The Labute approximate surface area is 140 Å². The van der Waals surface area contributed by atoms with Crippen LogP contribution < -0.4 is 10.2 Å². The number of nitrogens with zero attached hydrogens (tertiary/aromatic N) is 2. The number of halogens is 1. The van der Waals surface area contributed by atoms with Crippen LogP contribution in [0.4, 0.5) is 5.69 Å². The number of nitro benzene ring substituents is 1. The minimum Gasteiger partial charge on any atom is -0.477 e. The lowest BCUT2D eigenvalue weighted by Crippen LogP contribution is -2.24. The number of hydrazone groups is 1. The van der Waals surface area contributed by atoms with Crippen LogP contribution >= 0.6 is 15.9 Å². The van der Waals surface area contributed by atoms with Crippen molar-refractivity contribution in [3.8, 4) is 5.75 Å². The van der Waals surface area contributed by atoms with E-state index in [-0.39, 0.29) is 18.0 Å². The monoisotopic (exact) mass is 377 g/mol. The Morgan fingerprint density at radius 3 is 2.70 bits per heavy atom. The minimum absolute atomic E-state index is 0.0300. The first-order valence-electron chi connectivity index (χ1n) is 6.50. The summed E-state index contributed by atoms with van der Waals surface area (Å²) in [7, 11) is 0. The number of hydrogen-bond donors (Lipinski definition) is 1. The molecule has 0 spiro atoms. The normalized spacial score (nSPS) is 10.5. The average Bonchev–Trinajstić information content (AvgIpc) is 2.55. The van der Waals surface area contributed by atoms with Crippen molar-refractivity contribution in [1.82, 2.24) is 5.43 Å². The van der Waals surface area contributed by atoms with Crippen molar-refractivity contribution in [1.29, 1.82) is 0 Å². The molecule has 118 valence electrons. The van der Waals surface area contributed by atoms with Gasteiger partial charge in [-0.1, -0.05) is 46.3 Å². The van der Waals surface area contributed by atoms with Crippen molar-refractivity contribution < 1.29 is 14.5 Å². The molecule has 8 heteroatoms. The van der Waals surface area contributed by atoms with Gasteiger partial charge in [0.25, 0.3) is 5.91 Å². The molecule has 0 saturated carbocycles. The van der Waals surface area contributed by atoms with Crippen LogP contribution in [0.25, 0.3) is 0 Å². The minimum atomic E-state index is -0.571. The third-order valence-corrected chi connectivity index (χ3v) is 3.44. The molecule has 0 bridgehead atoms. The lowest BCUT2D eigenvalue weighted by atomic mass is 10.2. The third-order valence-electron chi connectivity index (χ3n) is 2.72. The molecule has 0 saturated heterocycles. The Hall–Kier alpha value is -2.74. The van der Waals surface area contributed by atoms with Crippen LogP contribution in [0.1, 0.15) is 5.56 Å². The van der Waals surface area contributed by atoms with Gasteiger partial charge in [0, 0.05) is 16.1 Å². The zero-order valence-electron chi connectivity index (χ0n) is 11.8. The molecule has 0 fully saturated rings. The molecular weight excluding hydrogens is 366 g/mol. The Morgan fingerprint density at radius 1 is 1.26 bits per heavy atom. The predicted molar refractivity (Wildman–Crippen MR) is 88.5 cm³/mol. The summed E-state index contributed by atoms with van der Waals surface area (Å²) in [6, 6.07) is 13.2. The molecule has 0 heterocycles. The van der Waals surface area contributed by atoms with E-state index in [2.05, 4.69) is 26.5 Å². The van der Waals surface area contributed by atoms with E-state index in [0.29, 0.717) is 0 Å². The second-order valence-corrected chi connectivity index (χ2v) is 5.18. The highest BCUT2D eigenvalue weighted by Crippen LogP contribution is 2.25. The second kappa shape index (κ2) is 8.04. The van der Waals surface area contributed by atoms with E-state index in [4.69, 9.17) is 4.74 Å². The van der Waals surface area contributed by atoms with E-state index in [1.54, 1.807) is 6.07 Å². The predicted octanol–water partition coefficient (Wildman–Crippen LogP) is 2.89. The van der Waals surface area contributed by atoms with Gasteiger partial charge in [0.05, 0.1) is 11.1 Å². The molecule has 0 atom stereocenters. The van der Waals surface area contributed by atoms with E-state index < -0.39 is 10.8 Å². The first kappa shape index (κ1) is 16.6. The molecule has 0 aromatic heterocycles. The number of nitrogens with one attached hydrogen (secondary N) is 1. The highest BCUT2D eigenvalue weighted by atomic mass is 79.9. The lowest BCUT2D eigenvalue weighted by molar-refractivity contribution is -0.385. The SMILES string of the molecule is O=C(COc1ccccc1[N+](=O)[O-])N/N=C\c1ccccc1Br. The summed E-state index contributed by atoms with van der Waals surface area (Å²) in [5, 5.41) is 14.6. The van der Waals surface area contributed by atoms with E-state index in [1.165, 1.54) is 24.4 Å². The number of hydrogen-bond acceptors (Lipinski definition) is 5. The molecule has 1 amide bonds. The second-order valence-electron chi connectivity index (χ2n) is 4.33. The van der Waals surface area contributed by atoms with Crippen LogP contribution in [0.15, 0.2) is 58.1 Å². The zero-order chi connectivity index (χ0) is 16.7. The quantitative estimate of drug-likeness (QED) is 0.475. The Balaban J connectivity index is 1.89. The maximum absolute atomic E-state index is 11.6. The molecule has 7 nitrogen and oxygen atoms in total. The lowest BCUT2D eigenvalue weighted by Gasteiger charge is -2.05. The van der Waals surface area contributed by atoms with E-state index in [0.717, 1.165) is 10.0 Å². The van der Waals surface area contributed by atoms with E-state index >= 15 is 0 Å². The van der Waals surface area contributed by atoms with Crippen molar-refractivity contribution in [3.05, 3.63) is 68.7 Å². The van der Waals surface area contributed by atoms with Crippen LogP contribution in [0.3, 0.4) is 0 Å². The average molecular weight is 378 g/mol. The van der Waals surface area contributed by atoms with Crippen LogP contribution in [0, 0.1) is 10.1 Å². The molecule has 0 aliphatic carbocycles. The Morgan fingerprint density at radius 2 is 1.96 bits per heavy atom. The van der Waals surface area contributed by atoms with Gasteiger partial charge in [0.15, 0.2) is 12.4 Å². The van der Waals surface area contributed by atoms with E-state index in [1.807, 2.05) is 24.3 Å². The maximum Gasteiger partial charge on any atom is 0.310 e. The van der Waals surface area contributed by atoms with Crippen LogP contribution in [-0.4, -0.2) is 23.7 Å². The Kier molecular flexibility index (Phi) is 5.81. The summed E-state index contributed by atoms with van der Waals surface area (Å²) in [6.07, 6.45) is 1.48. The van der Waals surface area contributed by atoms with Crippen molar-refractivity contribution in [2.75, 3.05) is 6.61 Å². The van der Waals surface area contributed by atoms with Crippen LogP contribution in [-0.2, 0) is 4.79 Å². The number of nitro groups is 1. The number of carbonyl (C=O) groups is 1. The summed E-state index contributed by atoms with van der Waals surface area (Å²) < 4.78 is 5.99. The van der Waals surface area contributed by atoms with Gasteiger partial charge in [-0.15, -0.1) is 0 Å². The number of amides is 1. The molecule has 0 aliphatic rings. The maximum atomic E-state index is 11.6. The third kappa shape index (κ3) is 4.89. The molecule has 23 heavy (non-hydrogen) atoms.